The van der Waals surface area contributed by atoms with E-state index < -0.39 is 0 Å². The fourth-order valence-electron chi connectivity index (χ4n) is 0.587. The molecular weight excluding hydrogens is 106 g/mol. The Labute approximate surface area is 47.0 Å². The van der Waals surface area contributed by atoms with Gasteiger partial charge in [-0.25, -0.2) is 0 Å². The van der Waals surface area contributed by atoms with Crippen LogP contribution in [0.5, 0.6) is 0 Å². The lowest BCUT2D eigenvalue weighted by Gasteiger charge is -2.01. The fraction of sp³-hybridized carbons (Fsp3) is 0.400. The lowest BCUT2D eigenvalue weighted by atomic mass is 10.2. The number of ketones is 1. The number of carbonyl (C=O) groups excluding carboxylic acids is 1. The molecule has 8 heavy (non-hydrogen) atoms. The van der Waals surface area contributed by atoms with Crippen LogP contribution in [-0.4, -0.2) is 23.5 Å². The summed E-state index contributed by atoms with van der Waals surface area (Å²) >= 11 is 0. The minimum atomic E-state index is -0.380. The van der Waals surface area contributed by atoms with Crippen molar-refractivity contribution in [3.8, 4) is 0 Å². The Hall–Kier alpha value is -0.830. The third-order valence-corrected chi connectivity index (χ3v) is 1.07. The maximum Gasteiger partial charge on any atom is 0.181 e. The molecule has 0 spiro atoms. The maximum atomic E-state index is 10.5. The van der Waals surface area contributed by atoms with Crippen molar-refractivity contribution in [1.82, 2.24) is 5.32 Å². The highest BCUT2D eigenvalue weighted by atomic mass is 16.3. The first-order valence-electron chi connectivity index (χ1n) is 2.42. The van der Waals surface area contributed by atoms with Crippen LogP contribution in [0.25, 0.3) is 0 Å². The molecule has 0 aliphatic carbocycles. The summed E-state index contributed by atoms with van der Waals surface area (Å²) in [6.45, 7) is -0.119. The summed E-state index contributed by atoms with van der Waals surface area (Å²) in [7, 11) is 0. The van der Waals surface area contributed by atoms with Gasteiger partial charge in [-0.3, -0.25) is 4.79 Å². The number of nitrogens with one attached hydrogen (secondary N) is 1. The second-order valence-electron chi connectivity index (χ2n) is 1.64. The van der Waals surface area contributed by atoms with E-state index in [1.54, 1.807) is 6.20 Å². The molecule has 0 aromatic heterocycles. The predicted molar refractivity (Wildman–Crippen MR) is 28.2 cm³/mol. The van der Waals surface area contributed by atoms with E-state index in [4.69, 9.17) is 5.11 Å². The molecule has 0 fully saturated rings. The number of rotatable bonds is 1. The number of hydrogen-bond acceptors (Lipinski definition) is 3. The minimum Gasteiger partial charge on any atom is -0.394 e. The van der Waals surface area contributed by atoms with E-state index in [1.807, 2.05) is 0 Å². The van der Waals surface area contributed by atoms with Crippen molar-refractivity contribution in [3.63, 3.8) is 0 Å². The van der Waals surface area contributed by atoms with Crippen molar-refractivity contribution >= 4 is 5.78 Å². The van der Waals surface area contributed by atoms with Gasteiger partial charge in [-0.15, -0.1) is 0 Å². The fourth-order valence-corrected chi connectivity index (χ4v) is 0.587. The smallest absolute Gasteiger partial charge is 0.181 e. The van der Waals surface area contributed by atoms with E-state index >= 15 is 0 Å². The molecule has 2 N–H and O–H groups in total. The molecule has 1 aliphatic heterocycles. The average Bonchev–Trinajstić information content (AvgIpc) is 2.14. The van der Waals surface area contributed by atoms with Gasteiger partial charge in [-0.2, -0.15) is 0 Å². The summed E-state index contributed by atoms with van der Waals surface area (Å²) in [5.41, 5.74) is 0. The first-order valence-corrected chi connectivity index (χ1v) is 2.42. The molecule has 1 atom stereocenters. The molecule has 3 nitrogen and oxygen atoms in total. The van der Waals surface area contributed by atoms with Crippen LogP contribution in [0.1, 0.15) is 0 Å². The SMILES string of the molecule is O=C1C=CNC1CO. The Morgan fingerprint density at radius 3 is 2.88 bits per heavy atom. The van der Waals surface area contributed by atoms with Gasteiger partial charge in [0.1, 0.15) is 6.04 Å². The number of aliphatic hydroxyl groups excluding tert-OH is 1. The molecule has 0 bridgehead atoms. The topological polar surface area (TPSA) is 49.3 Å². The van der Waals surface area contributed by atoms with Gasteiger partial charge in [0.2, 0.25) is 0 Å². The van der Waals surface area contributed by atoms with E-state index in [2.05, 4.69) is 5.32 Å². The number of carbonyl (C=O) groups is 1. The molecule has 1 heterocycles. The second-order valence-corrected chi connectivity index (χ2v) is 1.64. The van der Waals surface area contributed by atoms with Crippen molar-refractivity contribution < 1.29 is 9.90 Å². The minimum absolute atomic E-state index is 0.0486. The van der Waals surface area contributed by atoms with Gasteiger partial charge in [0.05, 0.1) is 6.61 Å². The van der Waals surface area contributed by atoms with Crippen LogP contribution >= 0.6 is 0 Å². The quantitative estimate of drug-likeness (QED) is 0.460. The van der Waals surface area contributed by atoms with Crippen LogP contribution in [0.3, 0.4) is 0 Å². The normalized spacial score (nSPS) is 26.1. The van der Waals surface area contributed by atoms with Crippen molar-refractivity contribution in [1.29, 1.82) is 0 Å². The van der Waals surface area contributed by atoms with E-state index in [1.165, 1.54) is 6.08 Å². The van der Waals surface area contributed by atoms with Gasteiger partial charge < -0.3 is 10.4 Å². The maximum absolute atomic E-state index is 10.5. The van der Waals surface area contributed by atoms with Gasteiger partial charge in [0.15, 0.2) is 5.78 Å². The highest BCUT2D eigenvalue weighted by Crippen LogP contribution is 1.93. The predicted octanol–water partition coefficient (Wildman–Crippen LogP) is -0.967. The molecule has 0 saturated carbocycles. The highest BCUT2D eigenvalue weighted by molar-refractivity contribution is 5.96. The Kier molecular flexibility index (Phi) is 1.30. The molecule has 44 valence electrons. The summed E-state index contributed by atoms with van der Waals surface area (Å²) < 4.78 is 0. The van der Waals surface area contributed by atoms with Gasteiger partial charge in [-0.05, 0) is 6.08 Å². The molecule has 0 radical (unpaired) electrons. The lowest BCUT2D eigenvalue weighted by molar-refractivity contribution is -0.116. The van der Waals surface area contributed by atoms with Crippen LogP contribution in [0.15, 0.2) is 12.3 Å². The average molecular weight is 113 g/mol. The van der Waals surface area contributed by atoms with Gasteiger partial charge in [0, 0.05) is 6.20 Å². The summed E-state index contributed by atoms with van der Waals surface area (Å²) in [6, 6.07) is -0.380. The van der Waals surface area contributed by atoms with Crippen LogP contribution in [0, 0.1) is 0 Å². The second kappa shape index (κ2) is 1.96. The molecule has 0 aromatic carbocycles. The van der Waals surface area contributed by atoms with E-state index in [9.17, 15) is 4.79 Å². The van der Waals surface area contributed by atoms with Crippen molar-refractivity contribution in [3.05, 3.63) is 12.3 Å². The molecule has 0 saturated heterocycles. The van der Waals surface area contributed by atoms with Gasteiger partial charge in [0.25, 0.3) is 0 Å². The summed E-state index contributed by atoms with van der Waals surface area (Å²) in [6.07, 6.45) is 2.96. The Bertz CT molecular complexity index is 130. The third kappa shape index (κ3) is 0.721. The molecule has 0 amide bonds. The standard InChI is InChI=1S/C5H7NO2/c7-3-4-5(8)1-2-6-4/h1-2,4,6-7H,3H2. The van der Waals surface area contributed by atoms with Crippen molar-refractivity contribution in [2.75, 3.05) is 6.61 Å². The van der Waals surface area contributed by atoms with Crippen molar-refractivity contribution in [2.45, 2.75) is 6.04 Å². The van der Waals surface area contributed by atoms with Crippen LogP contribution in [0.2, 0.25) is 0 Å². The Balaban J connectivity index is 2.51. The van der Waals surface area contributed by atoms with E-state index in [0.717, 1.165) is 0 Å². The monoisotopic (exact) mass is 113 g/mol. The van der Waals surface area contributed by atoms with Crippen LogP contribution < -0.4 is 5.32 Å². The molecular formula is C5H7NO2. The molecule has 3 heteroatoms. The van der Waals surface area contributed by atoms with Gasteiger partial charge >= 0.3 is 0 Å². The zero-order valence-electron chi connectivity index (χ0n) is 4.29. The lowest BCUT2D eigenvalue weighted by Crippen LogP contribution is -2.30. The van der Waals surface area contributed by atoms with Crippen LogP contribution in [-0.2, 0) is 4.79 Å². The third-order valence-electron chi connectivity index (χ3n) is 1.07. The Morgan fingerprint density at radius 1 is 1.88 bits per heavy atom. The first-order chi connectivity index (χ1) is 3.84. The summed E-state index contributed by atoms with van der Waals surface area (Å²) in [5.74, 6) is -0.0486. The number of hydrogen-bond donors (Lipinski definition) is 2. The van der Waals surface area contributed by atoms with E-state index in [-0.39, 0.29) is 18.4 Å². The zero-order chi connectivity index (χ0) is 5.98. The highest BCUT2D eigenvalue weighted by Gasteiger charge is 2.16. The Morgan fingerprint density at radius 2 is 2.62 bits per heavy atom. The summed E-state index contributed by atoms with van der Waals surface area (Å²) in [5, 5.41) is 11.1. The molecule has 1 rings (SSSR count). The largest absolute Gasteiger partial charge is 0.394 e. The molecule has 1 unspecified atom stereocenters. The zero-order valence-corrected chi connectivity index (χ0v) is 4.29. The first kappa shape index (κ1) is 5.31. The van der Waals surface area contributed by atoms with Crippen molar-refractivity contribution in [2.24, 2.45) is 0 Å². The number of aliphatic hydroxyl groups is 1. The van der Waals surface area contributed by atoms with Crippen LogP contribution in [0.4, 0.5) is 0 Å². The summed E-state index contributed by atoms with van der Waals surface area (Å²) in [4.78, 5) is 10.5. The molecule has 1 aliphatic rings. The van der Waals surface area contributed by atoms with Gasteiger partial charge in [-0.1, -0.05) is 0 Å². The van der Waals surface area contributed by atoms with E-state index in [0.29, 0.717) is 0 Å². The molecule has 0 aromatic rings.